The standard InChI is InChI=1S/C22H29N3O2/c26-18(7-4-13-2-1-9-23-12-13)16-6-8-19(27)21-20(16)24-22(25-21)17-11-14-3-5-15(17)10-14/h6,8,13-15,17,23,27H,1-5,7,9-12H2,(H,24,25). The van der Waals surface area contributed by atoms with Crippen molar-refractivity contribution < 1.29 is 9.90 Å². The molecular weight excluding hydrogens is 338 g/mol. The second-order valence-electron chi connectivity index (χ2n) is 8.93. The number of carbonyl (C=O) groups is 1. The Kier molecular flexibility index (Phi) is 4.43. The third-order valence-electron chi connectivity index (χ3n) is 7.21. The number of hydrogen-bond acceptors (Lipinski definition) is 4. The number of phenols is 1. The van der Waals surface area contributed by atoms with E-state index in [4.69, 9.17) is 4.98 Å². The molecule has 3 N–H and O–H groups in total. The number of nitrogens with zero attached hydrogens (tertiary/aromatic N) is 1. The van der Waals surface area contributed by atoms with Gasteiger partial charge in [0.15, 0.2) is 5.78 Å². The van der Waals surface area contributed by atoms with Gasteiger partial charge in [0.1, 0.15) is 22.6 Å². The summed E-state index contributed by atoms with van der Waals surface area (Å²) in [5.74, 6) is 3.94. The molecule has 2 heterocycles. The summed E-state index contributed by atoms with van der Waals surface area (Å²) in [6.45, 7) is 2.12. The first-order valence-corrected chi connectivity index (χ1v) is 10.6. The molecule has 5 nitrogen and oxygen atoms in total. The predicted molar refractivity (Wildman–Crippen MR) is 105 cm³/mol. The molecule has 4 unspecified atom stereocenters. The number of benzene rings is 1. The molecule has 1 aromatic heterocycles. The topological polar surface area (TPSA) is 78.0 Å². The molecule has 3 fully saturated rings. The molecule has 2 bridgehead atoms. The van der Waals surface area contributed by atoms with E-state index in [0.29, 0.717) is 34.9 Å². The summed E-state index contributed by atoms with van der Waals surface area (Å²) in [4.78, 5) is 21.1. The lowest BCUT2D eigenvalue weighted by molar-refractivity contribution is 0.0973. The Morgan fingerprint density at radius 2 is 2.15 bits per heavy atom. The van der Waals surface area contributed by atoms with Crippen molar-refractivity contribution in [2.45, 2.75) is 57.3 Å². The monoisotopic (exact) mass is 367 g/mol. The number of imidazole rings is 1. The van der Waals surface area contributed by atoms with Crippen molar-refractivity contribution in [3.63, 3.8) is 0 Å². The van der Waals surface area contributed by atoms with E-state index in [2.05, 4.69) is 10.3 Å². The molecule has 0 amide bonds. The average molecular weight is 367 g/mol. The van der Waals surface area contributed by atoms with Crippen molar-refractivity contribution in [1.29, 1.82) is 0 Å². The van der Waals surface area contributed by atoms with Crippen LogP contribution in [0.2, 0.25) is 0 Å². The van der Waals surface area contributed by atoms with E-state index in [0.717, 1.165) is 37.2 Å². The van der Waals surface area contributed by atoms with Crippen LogP contribution in [0.1, 0.15) is 73.5 Å². The van der Waals surface area contributed by atoms with E-state index in [-0.39, 0.29) is 11.5 Å². The Hall–Kier alpha value is -1.88. The number of H-pyrrole nitrogens is 1. The van der Waals surface area contributed by atoms with Crippen LogP contribution in [0.4, 0.5) is 0 Å². The number of ketones is 1. The Labute approximate surface area is 160 Å². The quantitative estimate of drug-likeness (QED) is 0.694. The predicted octanol–water partition coefficient (Wildman–Crippen LogP) is 4.13. The molecule has 4 atom stereocenters. The van der Waals surface area contributed by atoms with Gasteiger partial charge in [0.2, 0.25) is 0 Å². The molecule has 3 aliphatic rings. The lowest BCUT2D eigenvalue weighted by Crippen LogP contribution is -2.30. The van der Waals surface area contributed by atoms with Crippen molar-refractivity contribution in [1.82, 2.24) is 15.3 Å². The number of rotatable bonds is 5. The molecule has 5 heteroatoms. The summed E-state index contributed by atoms with van der Waals surface area (Å²) in [5, 5.41) is 13.7. The molecule has 5 rings (SSSR count). The SMILES string of the molecule is O=C(CCC1CCCNC1)c1ccc(O)c2[nH]c(C3CC4CCC3C4)nc12. The molecular formula is C22H29N3O2. The van der Waals surface area contributed by atoms with E-state index in [1.54, 1.807) is 12.1 Å². The van der Waals surface area contributed by atoms with Gasteiger partial charge in [0.25, 0.3) is 0 Å². The van der Waals surface area contributed by atoms with Crippen LogP contribution in [0, 0.1) is 17.8 Å². The minimum Gasteiger partial charge on any atom is -0.506 e. The van der Waals surface area contributed by atoms with Crippen LogP contribution in [-0.2, 0) is 0 Å². The number of phenolic OH excluding ortho intramolecular Hbond substituents is 1. The van der Waals surface area contributed by atoms with Crippen molar-refractivity contribution in [3.8, 4) is 5.75 Å². The highest BCUT2D eigenvalue weighted by Crippen LogP contribution is 2.52. The number of nitrogens with one attached hydrogen (secondary N) is 2. The molecule has 2 aromatic rings. The molecule has 2 aliphatic carbocycles. The molecule has 0 radical (unpaired) electrons. The summed E-state index contributed by atoms with van der Waals surface area (Å²) < 4.78 is 0. The van der Waals surface area contributed by atoms with Crippen LogP contribution in [0.5, 0.6) is 5.75 Å². The first-order valence-electron chi connectivity index (χ1n) is 10.6. The van der Waals surface area contributed by atoms with E-state index in [1.807, 2.05) is 0 Å². The number of aromatic hydroxyl groups is 1. The maximum absolute atomic E-state index is 12.9. The van der Waals surface area contributed by atoms with Crippen LogP contribution >= 0.6 is 0 Å². The minimum absolute atomic E-state index is 0.150. The number of fused-ring (bicyclic) bond motifs is 3. The molecule has 144 valence electrons. The van der Waals surface area contributed by atoms with Crippen LogP contribution in [0.15, 0.2) is 12.1 Å². The van der Waals surface area contributed by atoms with Gasteiger partial charge in [-0.1, -0.05) is 6.42 Å². The van der Waals surface area contributed by atoms with Gasteiger partial charge in [-0.05, 0) is 81.5 Å². The number of aromatic amines is 1. The normalized spacial score (nSPS) is 30.2. The number of hydrogen-bond donors (Lipinski definition) is 3. The number of Topliss-reactive ketones (excluding diaryl/α,β-unsaturated/α-hetero) is 1. The van der Waals surface area contributed by atoms with Crippen LogP contribution in [0.25, 0.3) is 11.0 Å². The fourth-order valence-corrected chi connectivity index (χ4v) is 5.72. The van der Waals surface area contributed by atoms with Gasteiger partial charge in [-0.2, -0.15) is 0 Å². The summed E-state index contributed by atoms with van der Waals surface area (Å²) >= 11 is 0. The lowest BCUT2D eigenvalue weighted by atomic mass is 9.88. The van der Waals surface area contributed by atoms with Crippen LogP contribution in [0.3, 0.4) is 0 Å². The summed E-state index contributed by atoms with van der Waals surface area (Å²) in [6, 6.07) is 3.39. The molecule has 1 saturated heterocycles. The highest BCUT2D eigenvalue weighted by Gasteiger charge is 2.41. The highest BCUT2D eigenvalue weighted by atomic mass is 16.3. The van der Waals surface area contributed by atoms with Gasteiger partial charge < -0.3 is 15.4 Å². The maximum Gasteiger partial charge on any atom is 0.165 e. The average Bonchev–Trinajstić information content (AvgIpc) is 3.42. The molecule has 0 spiro atoms. The number of piperidine rings is 1. The van der Waals surface area contributed by atoms with Gasteiger partial charge in [0.05, 0.1) is 0 Å². The van der Waals surface area contributed by atoms with Crippen molar-refractivity contribution in [3.05, 3.63) is 23.5 Å². The van der Waals surface area contributed by atoms with E-state index in [1.165, 1.54) is 38.5 Å². The van der Waals surface area contributed by atoms with Crippen LogP contribution < -0.4 is 5.32 Å². The second-order valence-corrected chi connectivity index (χ2v) is 8.93. The van der Waals surface area contributed by atoms with Gasteiger partial charge in [-0.25, -0.2) is 4.98 Å². The van der Waals surface area contributed by atoms with Gasteiger partial charge in [0, 0.05) is 17.9 Å². The summed E-state index contributed by atoms with van der Waals surface area (Å²) in [6.07, 6.45) is 9.06. The Balaban J connectivity index is 1.39. The minimum atomic E-state index is 0.150. The van der Waals surface area contributed by atoms with E-state index >= 15 is 0 Å². The van der Waals surface area contributed by atoms with Crippen molar-refractivity contribution >= 4 is 16.8 Å². The van der Waals surface area contributed by atoms with Gasteiger partial charge in [-0.15, -0.1) is 0 Å². The molecule has 2 saturated carbocycles. The van der Waals surface area contributed by atoms with Crippen molar-refractivity contribution in [2.24, 2.45) is 17.8 Å². The third kappa shape index (κ3) is 3.16. The first-order chi connectivity index (χ1) is 13.2. The number of carbonyl (C=O) groups excluding carboxylic acids is 1. The summed E-state index contributed by atoms with van der Waals surface area (Å²) in [7, 11) is 0. The van der Waals surface area contributed by atoms with E-state index < -0.39 is 0 Å². The Bertz CT molecular complexity index is 853. The number of aromatic nitrogens is 2. The largest absolute Gasteiger partial charge is 0.506 e. The fourth-order valence-electron chi connectivity index (χ4n) is 5.72. The molecule has 1 aromatic carbocycles. The zero-order valence-corrected chi connectivity index (χ0v) is 15.8. The van der Waals surface area contributed by atoms with Gasteiger partial charge >= 0.3 is 0 Å². The van der Waals surface area contributed by atoms with Crippen molar-refractivity contribution in [2.75, 3.05) is 13.1 Å². The van der Waals surface area contributed by atoms with Gasteiger partial charge in [-0.3, -0.25) is 4.79 Å². The highest BCUT2D eigenvalue weighted by molar-refractivity contribution is 6.07. The summed E-state index contributed by atoms with van der Waals surface area (Å²) in [5.41, 5.74) is 1.97. The smallest absolute Gasteiger partial charge is 0.165 e. The molecule has 1 aliphatic heterocycles. The third-order valence-corrected chi connectivity index (χ3v) is 7.21. The zero-order valence-electron chi connectivity index (χ0n) is 15.8. The van der Waals surface area contributed by atoms with Crippen LogP contribution in [-0.4, -0.2) is 33.9 Å². The Morgan fingerprint density at radius 1 is 1.22 bits per heavy atom. The first kappa shape index (κ1) is 17.2. The lowest BCUT2D eigenvalue weighted by Gasteiger charge is -2.22. The van der Waals surface area contributed by atoms with E-state index in [9.17, 15) is 9.90 Å². The zero-order chi connectivity index (χ0) is 18.4. The maximum atomic E-state index is 12.9. The fraction of sp³-hybridized carbons (Fsp3) is 0.636. The second kappa shape index (κ2) is 6.93. The molecule has 27 heavy (non-hydrogen) atoms. The Morgan fingerprint density at radius 3 is 2.89 bits per heavy atom.